The molecule has 0 saturated carbocycles. The van der Waals surface area contributed by atoms with Crippen molar-refractivity contribution in [3.8, 4) is 39.5 Å². The quantitative estimate of drug-likeness (QED) is 0.180. The van der Waals surface area contributed by atoms with Gasteiger partial charge in [0.1, 0.15) is 0 Å². The van der Waals surface area contributed by atoms with Crippen LogP contribution in [0.2, 0.25) is 0 Å². The van der Waals surface area contributed by atoms with Crippen LogP contribution in [-0.4, -0.2) is 14.5 Å². The summed E-state index contributed by atoms with van der Waals surface area (Å²) >= 11 is 3.61. The summed E-state index contributed by atoms with van der Waals surface area (Å²) in [4.78, 5) is 10.7. The largest absolute Gasteiger partial charge is 0.309 e. The molecule has 0 saturated heterocycles. The maximum atomic E-state index is 5.35. The van der Waals surface area contributed by atoms with E-state index in [0.29, 0.717) is 0 Å². The van der Waals surface area contributed by atoms with Gasteiger partial charge in [-0.3, -0.25) is 0 Å². The highest BCUT2D eigenvalue weighted by atomic mass is 32.1. The summed E-state index contributed by atoms with van der Waals surface area (Å²) in [6.07, 6.45) is 0. The van der Waals surface area contributed by atoms with Crippen molar-refractivity contribution in [2.45, 2.75) is 0 Å². The molecule has 12 rings (SSSR count). The van der Waals surface area contributed by atoms with Gasteiger partial charge in [0, 0.05) is 57.8 Å². The van der Waals surface area contributed by atoms with E-state index >= 15 is 0 Å². The summed E-state index contributed by atoms with van der Waals surface area (Å²) in [5.41, 5.74) is 10.2. The predicted octanol–water partition coefficient (Wildman–Crippen LogP) is 14.5. The summed E-state index contributed by atoms with van der Waals surface area (Å²) < 4.78 is 7.26. The van der Waals surface area contributed by atoms with Crippen LogP contribution in [0.15, 0.2) is 176 Å². The Balaban J connectivity index is 1.09. The fourth-order valence-corrected chi connectivity index (χ4v) is 10.8. The average Bonchev–Trinajstić information content (AvgIpc) is 3.93. The summed E-state index contributed by atoms with van der Waals surface area (Å²) in [6, 6.07) is 63.5. The maximum Gasteiger partial charge on any atom is 0.161 e. The van der Waals surface area contributed by atoms with Crippen LogP contribution in [0.1, 0.15) is 0 Å². The van der Waals surface area contributed by atoms with Crippen LogP contribution in [0, 0.1) is 0 Å². The van der Waals surface area contributed by atoms with Gasteiger partial charge in [-0.15, -0.1) is 22.7 Å². The molecule has 4 heterocycles. The molecule has 12 aromatic rings. The average molecular weight is 736 g/mol. The Bertz CT molecular complexity index is 3480. The lowest BCUT2D eigenvalue weighted by Crippen LogP contribution is -1.94. The minimum Gasteiger partial charge on any atom is -0.309 e. The molecule has 3 nitrogen and oxygen atoms in total. The van der Waals surface area contributed by atoms with Gasteiger partial charge in [0.15, 0.2) is 5.82 Å². The molecule has 0 aliphatic rings. The molecule has 0 N–H and O–H groups in total. The Morgan fingerprint density at radius 1 is 0.418 bits per heavy atom. The lowest BCUT2D eigenvalue weighted by molar-refractivity contribution is 1.19. The van der Waals surface area contributed by atoms with E-state index < -0.39 is 0 Å². The van der Waals surface area contributed by atoms with Gasteiger partial charge in [0.25, 0.3) is 0 Å². The SMILES string of the molecule is c1ccc(-c2ccc3c(c2)c2c4ccccc4ccc2n3-c2ccc3c(c2)sc2cccc(-c4nc(-c5ccccc5)c5sc6ccccc6c5n4)c23)cc1. The van der Waals surface area contributed by atoms with Crippen LogP contribution in [0.3, 0.4) is 0 Å². The monoisotopic (exact) mass is 735 g/mol. The van der Waals surface area contributed by atoms with Gasteiger partial charge in [-0.25, -0.2) is 9.97 Å². The minimum absolute atomic E-state index is 0.757. The van der Waals surface area contributed by atoms with E-state index in [-0.39, 0.29) is 0 Å². The van der Waals surface area contributed by atoms with Crippen molar-refractivity contribution in [2.24, 2.45) is 0 Å². The second kappa shape index (κ2) is 11.9. The number of aromatic nitrogens is 3. The zero-order valence-electron chi connectivity index (χ0n) is 29.4. The second-order valence-electron chi connectivity index (χ2n) is 14.1. The molecule has 55 heavy (non-hydrogen) atoms. The van der Waals surface area contributed by atoms with Gasteiger partial charge in [0.2, 0.25) is 0 Å². The molecule has 0 radical (unpaired) electrons. The Labute approximate surface area is 324 Å². The molecule has 0 fully saturated rings. The zero-order valence-corrected chi connectivity index (χ0v) is 31.0. The molecular weight excluding hydrogens is 707 g/mol. The molecule has 0 bridgehead atoms. The Hall–Kier alpha value is -6.66. The maximum absolute atomic E-state index is 5.35. The number of benzene rings is 8. The molecule has 0 amide bonds. The second-order valence-corrected chi connectivity index (χ2v) is 16.2. The van der Waals surface area contributed by atoms with Crippen LogP contribution in [0.4, 0.5) is 0 Å². The topological polar surface area (TPSA) is 30.7 Å². The molecule has 0 spiro atoms. The molecule has 8 aromatic carbocycles. The Kier molecular flexibility index (Phi) is 6.67. The van der Waals surface area contributed by atoms with Crippen molar-refractivity contribution in [3.05, 3.63) is 176 Å². The van der Waals surface area contributed by atoms with Crippen molar-refractivity contribution in [1.82, 2.24) is 14.5 Å². The smallest absolute Gasteiger partial charge is 0.161 e. The first kappa shape index (κ1) is 30.8. The molecule has 0 atom stereocenters. The van der Waals surface area contributed by atoms with Gasteiger partial charge in [-0.2, -0.15) is 0 Å². The Morgan fingerprint density at radius 2 is 1.16 bits per heavy atom. The van der Waals surface area contributed by atoms with Gasteiger partial charge in [-0.1, -0.05) is 133 Å². The first-order valence-electron chi connectivity index (χ1n) is 18.5. The highest BCUT2D eigenvalue weighted by Crippen LogP contribution is 2.45. The number of rotatable bonds is 4. The fourth-order valence-electron chi connectivity index (χ4n) is 8.52. The first-order chi connectivity index (χ1) is 27.3. The van der Waals surface area contributed by atoms with E-state index in [4.69, 9.17) is 9.97 Å². The van der Waals surface area contributed by atoms with Crippen LogP contribution in [0.25, 0.3) is 113 Å². The lowest BCUT2D eigenvalue weighted by atomic mass is 10.0. The van der Waals surface area contributed by atoms with Crippen molar-refractivity contribution in [3.63, 3.8) is 0 Å². The highest BCUT2D eigenvalue weighted by molar-refractivity contribution is 7.26. The van der Waals surface area contributed by atoms with Crippen molar-refractivity contribution in [2.75, 3.05) is 0 Å². The molecule has 0 unspecified atom stereocenters. The number of thiophene rings is 2. The standard InChI is InChI=1S/C50H29N3S2/c1-3-12-30(13-4-1)33-23-26-40-39(28-33)45-35-17-8-7-14-31(35)22-27-41(45)53(40)34-24-25-36-44(29-34)54-43-21-11-19-38(46(36)43)50-51-47(32-15-5-2-6-16-32)49-48(52-50)37-18-9-10-20-42(37)55-49/h1-29H. The first-order valence-corrected chi connectivity index (χ1v) is 20.1. The van der Waals surface area contributed by atoms with Crippen LogP contribution >= 0.6 is 22.7 Å². The normalized spacial score (nSPS) is 12.0. The van der Waals surface area contributed by atoms with Gasteiger partial charge in [-0.05, 0) is 64.4 Å². The van der Waals surface area contributed by atoms with Gasteiger partial charge in [0.05, 0.1) is 26.9 Å². The third-order valence-electron chi connectivity index (χ3n) is 11.0. The number of fused-ring (bicyclic) bond motifs is 11. The molecule has 4 aromatic heterocycles. The van der Waals surface area contributed by atoms with Crippen LogP contribution in [-0.2, 0) is 0 Å². The minimum atomic E-state index is 0.757. The van der Waals surface area contributed by atoms with Crippen molar-refractivity contribution in [1.29, 1.82) is 0 Å². The highest BCUT2D eigenvalue weighted by Gasteiger charge is 2.21. The third-order valence-corrected chi connectivity index (χ3v) is 13.3. The van der Waals surface area contributed by atoms with E-state index in [2.05, 4.69) is 180 Å². The zero-order chi connectivity index (χ0) is 36.0. The number of nitrogens with zero attached hydrogens (tertiary/aromatic N) is 3. The summed E-state index contributed by atoms with van der Waals surface area (Å²) in [5.74, 6) is 0.757. The van der Waals surface area contributed by atoms with E-state index in [9.17, 15) is 0 Å². The van der Waals surface area contributed by atoms with E-state index in [1.54, 1.807) is 11.3 Å². The predicted molar refractivity (Wildman–Crippen MR) is 236 cm³/mol. The summed E-state index contributed by atoms with van der Waals surface area (Å²) in [6.45, 7) is 0. The lowest BCUT2D eigenvalue weighted by Gasteiger charge is -2.10. The van der Waals surface area contributed by atoms with Gasteiger partial charge >= 0.3 is 0 Å². The third kappa shape index (κ3) is 4.67. The summed E-state index contributed by atoms with van der Waals surface area (Å²) in [5, 5.41) is 8.65. The number of hydrogen-bond donors (Lipinski definition) is 0. The van der Waals surface area contributed by atoms with E-state index in [1.165, 1.54) is 74.0 Å². The summed E-state index contributed by atoms with van der Waals surface area (Å²) in [7, 11) is 0. The molecular formula is C50H29N3S2. The fraction of sp³-hybridized carbons (Fsp3) is 0. The van der Waals surface area contributed by atoms with Gasteiger partial charge < -0.3 is 4.57 Å². The van der Waals surface area contributed by atoms with Crippen LogP contribution < -0.4 is 0 Å². The van der Waals surface area contributed by atoms with E-state index in [1.807, 2.05) is 11.3 Å². The Morgan fingerprint density at radius 3 is 2.04 bits per heavy atom. The van der Waals surface area contributed by atoms with Crippen molar-refractivity contribution < 1.29 is 0 Å². The van der Waals surface area contributed by atoms with Crippen molar-refractivity contribution >= 4 is 95.7 Å². The molecule has 5 heteroatoms. The number of hydrogen-bond acceptors (Lipinski definition) is 4. The van der Waals surface area contributed by atoms with Crippen LogP contribution in [0.5, 0.6) is 0 Å². The molecule has 0 aliphatic heterocycles. The molecule has 256 valence electrons. The molecule has 0 aliphatic carbocycles. The van der Waals surface area contributed by atoms with E-state index in [0.717, 1.165) is 38.5 Å².